The van der Waals surface area contributed by atoms with Gasteiger partial charge in [-0.1, -0.05) is 24.3 Å². The Morgan fingerprint density at radius 1 is 1.18 bits per heavy atom. The van der Waals surface area contributed by atoms with Gasteiger partial charge in [0.2, 0.25) is 0 Å². The zero-order valence-corrected chi connectivity index (χ0v) is 13.2. The monoisotopic (exact) mass is 312 g/mol. The van der Waals surface area contributed by atoms with Gasteiger partial charge in [0, 0.05) is 21.5 Å². The second kappa shape index (κ2) is 5.77. The molecule has 3 rings (SSSR count). The van der Waals surface area contributed by atoms with Crippen molar-refractivity contribution in [3.05, 3.63) is 57.9 Å². The number of aryl methyl sites for hydroxylation is 1. The van der Waals surface area contributed by atoms with Gasteiger partial charge < -0.3 is 10.3 Å². The summed E-state index contributed by atoms with van der Waals surface area (Å²) in [5, 5.41) is 5.50. The maximum atomic E-state index is 12.5. The molecule has 0 radical (unpaired) electrons. The van der Waals surface area contributed by atoms with E-state index in [4.69, 9.17) is 0 Å². The SMILES string of the molecule is Cc1[nH]c2ccccc2c1C(=O)C(=O)N[C@H](C)c1cccs1. The normalized spacial score (nSPS) is 12.3. The number of thiophene rings is 1. The smallest absolute Gasteiger partial charge is 0.292 e. The second-order valence-electron chi connectivity index (χ2n) is 5.21. The molecule has 0 spiro atoms. The number of aromatic nitrogens is 1. The molecule has 0 fully saturated rings. The molecule has 112 valence electrons. The number of fused-ring (bicyclic) bond motifs is 1. The lowest BCUT2D eigenvalue weighted by molar-refractivity contribution is -0.117. The van der Waals surface area contributed by atoms with Crippen molar-refractivity contribution in [1.29, 1.82) is 0 Å². The number of rotatable bonds is 4. The molecule has 0 bridgehead atoms. The number of hydrogen-bond acceptors (Lipinski definition) is 3. The molecule has 4 nitrogen and oxygen atoms in total. The van der Waals surface area contributed by atoms with Crippen LogP contribution in [-0.2, 0) is 4.79 Å². The van der Waals surface area contributed by atoms with Gasteiger partial charge in [-0.2, -0.15) is 0 Å². The number of H-pyrrole nitrogens is 1. The average molecular weight is 312 g/mol. The highest BCUT2D eigenvalue weighted by molar-refractivity contribution is 7.10. The van der Waals surface area contributed by atoms with Gasteiger partial charge in [-0.15, -0.1) is 11.3 Å². The molecule has 0 unspecified atom stereocenters. The van der Waals surface area contributed by atoms with Crippen LogP contribution in [0.4, 0.5) is 0 Å². The summed E-state index contributed by atoms with van der Waals surface area (Å²) >= 11 is 1.56. The first-order valence-corrected chi connectivity index (χ1v) is 7.92. The third-order valence-corrected chi connectivity index (χ3v) is 4.70. The molecule has 0 saturated carbocycles. The third kappa shape index (κ3) is 2.55. The first-order valence-electron chi connectivity index (χ1n) is 7.04. The number of para-hydroxylation sites is 1. The van der Waals surface area contributed by atoms with Crippen LogP contribution < -0.4 is 5.32 Å². The minimum absolute atomic E-state index is 0.179. The molecule has 2 heterocycles. The molecular formula is C17H16N2O2S. The Bertz CT molecular complexity index is 834. The molecule has 0 aliphatic carbocycles. The summed E-state index contributed by atoms with van der Waals surface area (Å²) in [6.45, 7) is 3.68. The van der Waals surface area contributed by atoms with Crippen LogP contribution in [0.1, 0.15) is 33.9 Å². The molecule has 2 N–H and O–H groups in total. The molecule has 3 aromatic rings. The van der Waals surface area contributed by atoms with E-state index in [0.29, 0.717) is 11.3 Å². The van der Waals surface area contributed by atoms with Crippen LogP contribution in [0.3, 0.4) is 0 Å². The van der Waals surface area contributed by atoms with Gasteiger partial charge in [-0.05, 0) is 31.4 Å². The Morgan fingerprint density at radius 2 is 1.95 bits per heavy atom. The van der Waals surface area contributed by atoms with Gasteiger partial charge in [-0.25, -0.2) is 0 Å². The van der Waals surface area contributed by atoms with Crippen LogP contribution in [0.25, 0.3) is 10.9 Å². The molecule has 1 atom stereocenters. The summed E-state index contributed by atoms with van der Waals surface area (Å²) in [5.41, 5.74) is 2.03. The highest BCUT2D eigenvalue weighted by atomic mass is 32.1. The molecule has 22 heavy (non-hydrogen) atoms. The van der Waals surface area contributed by atoms with Crippen molar-refractivity contribution in [3.63, 3.8) is 0 Å². The summed E-state index contributed by atoms with van der Waals surface area (Å²) in [6, 6.07) is 11.2. The summed E-state index contributed by atoms with van der Waals surface area (Å²) in [5.74, 6) is -1.08. The van der Waals surface area contributed by atoms with E-state index in [2.05, 4.69) is 10.3 Å². The van der Waals surface area contributed by atoms with Gasteiger partial charge in [-0.3, -0.25) is 9.59 Å². The van der Waals surface area contributed by atoms with E-state index in [9.17, 15) is 9.59 Å². The van der Waals surface area contributed by atoms with E-state index in [0.717, 1.165) is 15.8 Å². The van der Waals surface area contributed by atoms with Gasteiger partial charge in [0.05, 0.1) is 11.6 Å². The number of nitrogens with one attached hydrogen (secondary N) is 2. The molecular weight excluding hydrogens is 296 g/mol. The highest BCUT2D eigenvalue weighted by Gasteiger charge is 2.24. The molecule has 0 saturated heterocycles. The van der Waals surface area contributed by atoms with Crippen LogP contribution in [0.5, 0.6) is 0 Å². The first kappa shape index (κ1) is 14.5. The quantitative estimate of drug-likeness (QED) is 0.571. The first-order chi connectivity index (χ1) is 10.6. The molecule has 2 aromatic heterocycles. The second-order valence-corrected chi connectivity index (χ2v) is 6.19. The molecule has 1 amide bonds. The van der Waals surface area contributed by atoms with Gasteiger partial charge in [0.25, 0.3) is 11.7 Å². The number of benzene rings is 1. The Kier molecular flexibility index (Phi) is 3.81. The third-order valence-electron chi connectivity index (χ3n) is 3.64. The van der Waals surface area contributed by atoms with Crippen molar-refractivity contribution >= 4 is 33.9 Å². The Balaban J connectivity index is 1.86. The van der Waals surface area contributed by atoms with Crippen LogP contribution in [0.15, 0.2) is 41.8 Å². The minimum Gasteiger partial charge on any atom is -0.358 e. The predicted octanol–water partition coefficient (Wildman–Crippen LogP) is 3.60. The number of amides is 1. The fourth-order valence-electron chi connectivity index (χ4n) is 2.55. The number of Topliss-reactive ketones (excluding diaryl/α,β-unsaturated/α-hetero) is 1. The van der Waals surface area contributed by atoms with E-state index in [1.807, 2.05) is 55.6 Å². The van der Waals surface area contributed by atoms with Crippen molar-refractivity contribution < 1.29 is 9.59 Å². The van der Waals surface area contributed by atoms with Crippen LogP contribution in [-0.4, -0.2) is 16.7 Å². The molecule has 1 aromatic carbocycles. The van der Waals surface area contributed by atoms with E-state index in [1.165, 1.54) is 0 Å². The number of carbonyl (C=O) groups is 2. The average Bonchev–Trinajstić information content (AvgIpc) is 3.13. The van der Waals surface area contributed by atoms with Crippen LogP contribution >= 0.6 is 11.3 Å². The van der Waals surface area contributed by atoms with Gasteiger partial charge in [0.15, 0.2) is 0 Å². The van der Waals surface area contributed by atoms with Gasteiger partial charge in [0.1, 0.15) is 0 Å². The van der Waals surface area contributed by atoms with Gasteiger partial charge >= 0.3 is 0 Å². The number of carbonyl (C=O) groups excluding carboxylic acids is 2. The summed E-state index contributed by atoms with van der Waals surface area (Å²) in [4.78, 5) is 29.0. The lowest BCUT2D eigenvalue weighted by Gasteiger charge is -2.11. The molecule has 0 aliphatic rings. The van der Waals surface area contributed by atoms with Crippen molar-refractivity contribution in [1.82, 2.24) is 10.3 Å². The molecule has 0 aliphatic heterocycles. The lowest BCUT2D eigenvalue weighted by Crippen LogP contribution is -2.33. The number of ketones is 1. The Labute approximate surface area is 132 Å². The number of hydrogen-bond donors (Lipinski definition) is 2. The topological polar surface area (TPSA) is 62.0 Å². The number of aromatic amines is 1. The maximum absolute atomic E-state index is 12.5. The van der Waals surface area contributed by atoms with E-state index in [-0.39, 0.29) is 6.04 Å². The van der Waals surface area contributed by atoms with Crippen molar-refractivity contribution in [3.8, 4) is 0 Å². The predicted molar refractivity (Wildman–Crippen MR) is 88.2 cm³/mol. The zero-order chi connectivity index (χ0) is 15.7. The van der Waals surface area contributed by atoms with E-state index < -0.39 is 11.7 Å². The van der Waals surface area contributed by atoms with E-state index in [1.54, 1.807) is 11.3 Å². The zero-order valence-electron chi connectivity index (χ0n) is 12.3. The maximum Gasteiger partial charge on any atom is 0.292 e. The lowest BCUT2D eigenvalue weighted by atomic mass is 10.1. The van der Waals surface area contributed by atoms with Crippen LogP contribution in [0.2, 0.25) is 0 Å². The largest absolute Gasteiger partial charge is 0.358 e. The van der Waals surface area contributed by atoms with Crippen molar-refractivity contribution in [2.24, 2.45) is 0 Å². The van der Waals surface area contributed by atoms with Crippen LogP contribution in [0, 0.1) is 6.92 Å². The molecule has 5 heteroatoms. The Hall–Kier alpha value is -2.40. The minimum atomic E-state index is -0.575. The highest BCUT2D eigenvalue weighted by Crippen LogP contribution is 2.23. The summed E-state index contributed by atoms with van der Waals surface area (Å²) < 4.78 is 0. The fraction of sp³-hybridized carbons (Fsp3) is 0.176. The Morgan fingerprint density at radius 3 is 2.68 bits per heavy atom. The van der Waals surface area contributed by atoms with E-state index >= 15 is 0 Å². The fourth-order valence-corrected chi connectivity index (χ4v) is 3.29. The van der Waals surface area contributed by atoms with Crippen molar-refractivity contribution in [2.45, 2.75) is 19.9 Å². The summed E-state index contributed by atoms with van der Waals surface area (Å²) in [6.07, 6.45) is 0. The summed E-state index contributed by atoms with van der Waals surface area (Å²) in [7, 11) is 0. The van der Waals surface area contributed by atoms with Crippen molar-refractivity contribution in [2.75, 3.05) is 0 Å². The standard InChI is InChI=1S/C17H16N2O2S/c1-10(14-8-5-9-22-14)19-17(21)16(20)15-11(2)18-13-7-4-3-6-12(13)15/h3-10,18H,1-2H3,(H,19,21)/t10-/m1/s1.